The van der Waals surface area contributed by atoms with Gasteiger partial charge in [0.05, 0.1) is 28.0 Å². The van der Waals surface area contributed by atoms with Crippen molar-refractivity contribution in [3.63, 3.8) is 0 Å². The average molecular weight is 741 g/mol. The van der Waals surface area contributed by atoms with Crippen LogP contribution < -0.4 is 14.8 Å². The first kappa shape index (κ1) is 39.1. The Morgan fingerprint density at radius 3 is 2.41 bits per heavy atom. The van der Waals surface area contributed by atoms with Crippen LogP contribution in [0.3, 0.4) is 0 Å². The fraction of sp³-hybridized carbons (Fsp3) is 0.361. The molecule has 0 bridgehead atoms. The largest absolute Gasteiger partial charge is 0.478 e. The molecule has 0 fully saturated rings. The van der Waals surface area contributed by atoms with Crippen molar-refractivity contribution in [2.75, 3.05) is 11.3 Å². The number of nitrogens with one attached hydrogen (secondary N) is 2. The summed E-state index contributed by atoms with van der Waals surface area (Å²) in [4.78, 5) is 29.2. The fourth-order valence-electron chi connectivity index (χ4n) is 5.31. The van der Waals surface area contributed by atoms with Gasteiger partial charge in [-0.05, 0) is 69.9 Å². The van der Waals surface area contributed by atoms with Crippen LogP contribution >= 0.6 is 12.4 Å². The number of carboxylic acids is 1. The van der Waals surface area contributed by atoms with Gasteiger partial charge in [-0.3, -0.25) is 0 Å². The van der Waals surface area contributed by atoms with E-state index in [1.165, 1.54) is 32.0 Å². The van der Waals surface area contributed by atoms with Crippen LogP contribution in [0.25, 0.3) is 22.5 Å². The maximum Gasteiger partial charge on any atom is 0.335 e. The topological polar surface area (TPSA) is 169 Å². The lowest BCUT2D eigenvalue weighted by molar-refractivity contribution is 0.0696. The number of fused-ring (bicyclic) bond motifs is 1. The molecule has 0 aliphatic rings. The van der Waals surface area contributed by atoms with E-state index in [1.54, 1.807) is 12.3 Å². The number of aromatic nitrogens is 4. The zero-order valence-electron chi connectivity index (χ0n) is 29.2. The predicted octanol–water partition coefficient (Wildman–Crippen LogP) is 7.41. The number of hydrogen-bond donors (Lipinski definition) is 3. The number of aromatic carboxylic acids is 1. The maximum absolute atomic E-state index is 14.6. The van der Waals surface area contributed by atoms with Gasteiger partial charge in [0.25, 0.3) is 10.0 Å². The second-order valence-electron chi connectivity index (χ2n) is 13.1. The van der Waals surface area contributed by atoms with Crippen LogP contribution in [0.1, 0.15) is 79.4 Å². The highest BCUT2D eigenvalue weighted by molar-refractivity contribution is 7.92. The molecule has 1 unspecified atom stereocenters. The summed E-state index contributed by atoms with van der Waals surface area (Å²) in [6.45, 7) is 11.3. The van der Waals surface area contributed by atoms with Gasteiger partial charge in [0.15, 0.2) is 0 Å². The Morgan fingerprint density at radius 1 is 1.04 bits per heavy atom. The highest BCUT2D eigenvalue weighted by Gasteiger charge is 2.23. The maximum atomic E-state index is 14.6. The molecule has 0 aliphatic heterocycles. The van der Waals surface area contributed by atoms with E-state index in [0.29, 0.717) is 35.6 Å². The Morgan fingerprint density at radius 2 is 1.75 bits per heavy atom. The number of anilines is 1. The van der Waals surface area contributed by atoms with Crippen molar-refractivity contribution < 1.29 is 31.9 Å². The summed E-state index contributed by atoms with van der Waals surface area (Å²) in [6.07, 6.45) is 2.29. The minimum absolute atomic E-state index is 0. The van der Waals surface area contributed by atoms with Crippen molar-refractivity contribution in [2.45, 2.75) is 83.5 Å². The van der Waals surface area contributed by atoms with Gasteiger partial charge >= 0.3 is 5.97 Å². The Balaban J connectivity index is 0.00000583. The molecule has 3 N–H and O–H groups in total. The molecule has 0 radical (unpaired) electrons. The summed E-state index contributed by atoms with van der Waals surface area (Å²) in [5.41, 5.74) is 3.16. The SMILES string of the molecule is Cc1cccc(C)c1-c1cc(OCC(CCC(C)(C)F)NCc2cnc3oc(C(C)C)cc3n2)nc(NS(=O)(=O)c2cccc(C(=O)O)c2)n1.Cl. The third kappa shape index (κ3) is 10.2. The molecule has 1 atom stereocenters. The second-order valence-corrected chi connectivity index (χ2v) is 14.8. The van der Waals surface area contributed by atoms with E-state index in [-0.39, 0.29) is 59.7 Å². The number of carboxylic acid groups (broad SMARTS) is 1. The van der Waals surface area contributed by atoms with E-state index >= 15 is 0 Å². The van der Waals surface area contributed by atoms with Gasteiger partial charge in [0.1, 0.15) is 23.6 Å². The van der Waals surface area contributed by atoms with Crippen molar-refractivity contribution in [2.24, 2.45) is 0 Å². The lowest BCUT2D eigenvalue weighted by Crippen LogP contribution is -2.36. The molecule has 12 nitrogen and oxygen atoms in total. The summed E-state index contributed by atoms with van der Waals surface area (Å²) in [7, 11) is -4.29. The number of furan rings is 1. The van der Waals surface area contributed by atoms with Crippen LogP contribution in [0.4, 0.5) is 10.3 Å². The number of rotatable bonds is 15. The summed E-state index contributed by atoms with van der Waals surface area (Å²) in [6, 6.07) is 13.9. The lowest BCUT2D eigenvalue weighted by Gasteiger charge is -2.22. The summed E-state index contributed by atoms with van der Waals surface area (Å²) in [5.74, 6) is -0.461. The standard InChI is InChI=1S/C36H41FN6O6S.ClH/c1-21(2)30-16-29-33(49-30)39-19-26(40-29)18-38-25(13-14-36(5,6)37)20-48-31-17-28(32-22(3)9-7-10-23(32)4)41-35(42-31)43-50(46,47)27-12-8-11-24(15-27)34(44)45;/h7-12,15-17,19,21,25,38H,13-14,18,20H2,1-6H3,(H,44,45)(H,41,42,43);1H. The highest BCUT2D eigenvalue weighted by Crippen LogP contribution is 2.30. The van der Waals surface area contributed by atoms with Crippen LogP contribution in [-0.4, -0.2) is 57.7 Å². The molecule has 272 valence electrons. The van der Waals surface area contributed by atoms with Crippen molar-refractivity contribution in [1.82, 2.24) is 25.3 Å². The Hall–Kier alpha value is -4.66. The molecule has 0 amide bonds. The number of nitrogens with zero attached hydrogens (tertiary/aromatic N) is 4. The number of aryl methyl sites for hydroxylation is 2. The minimum atomic E-state index is -4.29. The number of sulfonamides is 1. The molecule has 0 spiro atoms. The zero-order valence-corrected chi connectivity index (χ0v) is 30.9. The number of benzene rings is 2. The van der Waals surface area contributed by atoms with Crippen LogP contribution in [0.15, 0.2) is 70.1 Å². The van der Waals surface area contributed by atoms with Crippen molar-refractivity contribution in [3.05, 3.63) is 88.9 Å². The van der Waals surface area contributed by atoms with Gasteiger partial charge in [0, 0.05) is 36.2 Å². The first-order valence-corrected chi connectivity index (χ1v) is 17.7. The van der Waals surface area contributed by atoms with E-state index in [2.05, 4.69) is 30.0 Å². The quantitative estimate of drug-likeness (QED) is 0.0977. The summed E-state index contributed by atoms with van der Waals surface area (Å²) < 4.78 is 55.7. The lowest BCUT2D eigenvalue weighted by atomic mass is 10.00. The molecule has 51 heavy (non-hydrogen) atoms. The molecule has 3 heterocycles. The minimum Gasteiger partial charge on any atom is -0.478 e. The van der Waals surface area contributed by atoms with Crippen LogP contribution in [0.2, 0.25) is 0 Å². The molecule has 15 heteroatoms. The molecule has 2 aromatic carbocycles. The number of ether oxygens (including phenoxy) is 1. The third-order valence-corrected chi connectivity index (χ3v) is 9.35. The van der Waals surface area contributed by atoms with Crippen LogP contribution in [0.5, 0.6) is 5.88 Å². The van der Waals surface area contributed by atoms with Gasteiger partial charge < -0.3 is 19.6 Å². The highest BCUT2D eigenvalue weighted by atomic mass is 35.5. The van der Waals surface area contributed by atoms with Gasteiger partial charge in [-0.2, -0.15) is 4.98 Å². The average Bonchev–Trinajstić information content (AvgIpc) is 3.48. The Kier molecular flexibility index (Phi) is 12.4. The van der Waals surface area contributed by atoms with Crippen molar-refractivity contribution in [3.8, 4) is 17.1 Å². The number of hydrogen-bond acceptors (Lipinski definition) is 10. The molecule has 3 aromatic heterocycles. The molecule has 0 saturated heterocycles. The van der Waals surface area contributed by atoms with Gasteiger partial charge in [0.2, 0.25) is 17.5 Å². The molecule has 5 aromatic rings. The third-order valence-electron chi connectivity index (χ3n) is 8.02. The van der Waals surface area contributed by atoms with E-state index < -0.39 is 21.7 Å². The predicted molar refractivity (Wildman–Crippen MR) is 195 cm³/mol. The summed E-state index contributed by atoms with van der Waals surface area (Å²) in [5, 5.41) is 12.8. The van der Waals surface area contributed by atoms with E-state index in [0.717, 1.165) is 28.5 Å². The number of halogens is 2. The fourth-order valence-corrected chi connectivity index (χ4v) is 6.30. The Labute approximate surface area is 302 Å². The molecule has 0 saturated carbocycles. The summed E-state index contributed by atoms with van der Waals surface area (Å²) >= 11 is 0. The first-order chi connectivity index (χ1) is 23.6. The van der Waals surface area contributed by atoms with Crippen molar-refractivity contribution in [1.29, 1.82) is 0 Å². The van der Waals surface area contributed by atoms with Crippen LogP contribution in [0, 0.1) is 13.8 Å². The monoisotopic (exact) mass is 740 g/mol. The molecular weight excluding hydrogens is 699 g/mol. The van der Waals surface area contributed by atoms with E-state index in [4.69, 9.17) is 9.15 Å². The number of carbonyl (C=O) groups is 1. The Bertz CT molecular complexity index is 2100. The number of alkyl halides is 1. The molecule has 0 aliphatic carbocycles. The van der Waals surface area contributed by atoms with E-state index in [1.807, 2.05) is 52.0 Å². The van der Waals surface area contributed by atoms with Gasteiger partial charge in [-0.25, -0.2) is 37.3 Å². The zero-order chi connectivity index (χ0) is 36.2. The normalized spacial score (nSPS) is 12.5. The second kappa shape index (κ2) is 16.1. The van der Waals surface area contributed by atoms with Gasteiger partial charge in [-0.15, -0.1) is 12.4 Å². The van der Waals surface area contributed by atoms with Crippen molar-refractivity contribution >= 4 is 45.6 Å². The smallest absolute Gasteiger partial charge is 0.335 e. The van der Waals surface area contributed by atoms with E-state index in [9.17, 15) is 22.7 Å². The molecule has 5 rings (SSSR count). The first-order valence-electron chi connectivity index (χ1n) is 16.2. The van der Waals surface area contributed by atoms with Crippen LogP contribution in [-0.2, 0) is 16.6 Å². The molecular formula is C36H42ClFN6O6S. The van der Waals surface area contributed by atoms with Gasteiger partial charge in [-0.1, -0.05) is 38.1 Å².